The van der Waals surface area contributed by atoms with E-state index in [1.807, 2.05) is 6.07 Å². The zero-order chi connectivity index (χ0) is 14.4. The number of fused-ring (bicyclic) bond motifs is 1. The molecule has 1 aliphatic heterocycles. The summed E-state index contributed by atoms with van der Waals surface area (Å²) < 4.78 is 11.9. The van der Waals surface area contributed by atoms with Gasteiger partial charge in [0.05, 0.1) is 0 Å². The molecule has 1 aromatic rings. The molecule has 4 heteroatoms. The first-order chi connectivity index (χ1) is 9.70. The van der Waals surface area contributed by atoms with Gasteiger partial charge in [-0.25, -0.2) is 0 Å². The number of nitrogens with one attached hydrogen (secondary N) is 1. The Labute approximate surface area is 130 Å². The number of benzene rings is 1. The number of hydrogen-bond donors (Lipinski definition) is 1. The third kappa shape index (κ3) is 4.38. The number of halogens is 1. The Balaban J connectivity index is 1.79. The second-order valence-corrected chi connectivity index (χ2v) is 6.28. The van der Waals surface area contributed by atoms with Crippen LogP contribution in [0.25, 0.3) is 0 Å². The lowest BCUT2D eigenvalue weighted by molar-refractivity contribution is 0.174. The Bertz CT molecular complexity index is 437. The molecular weight excluding hydrogens is 318 g/mol. The Hall–Kier alpha value is -0.740. The fourth-order valence-electron chi connectivity index (χ4n) is 2.36. The molecule has 0 bridgehead atoms. The zero-order valence-corrected chi connectivity index (χ0v) is 14.0. The normalized spacial score (nSPS) is 14.6. The second kappa shape index (κ2) is 7.89. The number of hydrogen-bond acceptors (Lipinski definition) is 3. The van der Waals surface area contributed by atoms with Gasteiger partial charge in [0, 0.05) is 17.1 Å². The van der Waals surface area contributed by atoms with Crippen molar-refractivity contribution in [3.05, 3.63) is 22.2 Å². The van der Waals surface area contributed by atoms with E-state index < -0.39 is 0 Å². The third-order valence-electron chi connectivity index (χ3n) is 3.67. The van der Waals surface area contributed by atoms with Crippen LogP contribution in [0.3, 0.4) is 0 Å². The first kappa shape index (κ1) is 15.6. The van der Waals surface area contributed by atoms with E-state index in [9.17, 15) is 0 Å². The van der Waals surface area contributed by atoms with Gasteiger partial charge in [0.25, 0.3) is 0 Å². The molecule has 0 saturated carbocycles. The van der Waals surface area contributed by atoms with E-state index in [-0.39, 0.29) is 0 Å². The van der Waals surface area contributed by atoms with Crippen LogP contribution in [0.5, 0.6) is 11.5 Å². The maximum atomic E-state index is 5.42. The molecule has 0 saturated heterocycles. The largest absolute Gasteiger partial charge is 0.454 e. The van der Waals surface area contributed by atoms with Gasteiger partial charge in [-0.3, -0.25) is 0 Å². The van der Waals surface area contributed by atoms with Crippen molar-refractivity contribution in [3.8, 4) is 11.5 Å². The van der Waals surface area contributed by atoms with Crippen LogP contribution in [0, 0.1) is 0 Å². The van der Waals surface area contributed by atoms with Crippen molar-refractivity contribution in [1.82, 2.24) is 5.32 Å². The summed E-state index contributed by atoms with van der Waals surface area (Å²) >= 11 is 3.60. The van der Waals surface area contributed by atoms with Crippen molar-refractivity contribution < 1.29 is 9.47 Å². The lowest BCUT2D eigenvalue weighted by Gasteiger charge is -2.15. The smallest absolute Gasteiger partial charge is 0.231 e. The van der Waals surface area contributed by atoms with E-state index in [2.05, 4.69) is 41.2 Å². The maximum Gasteiger partial charge on any atom is 0.231 e. The van der Waals surface area contributed by atoms with Gasteiger partial charge < -0.3 is 14.8 Å². The van der Waals surface area contributed by atoms with Crippen molar-refractivity contribution in [2.75, 3.05) is 6.79 Å². The maximum absolute atomic E-state index is 5.42. The second-order valence-electron chi connectivity index (χ2n) is 5.43. The molecule has 1 heterocycles. The molecule has 2 rings (SSSR count). The average molecular weight is 342 g/mol. The molecule has 20 heavy (non-hydrogen) atoms. The summed E-state index contributed by atoms with van der Waals surface area (Å²) in [6, 6.07) is 4.60. The first-order valence-corrected chi connectivity index (χ1v) is 8.31. The van der Waals surface area contributed by atoms with E-state index in [1.165, 1.54) is 37.7 Å². The summed E-state index contributed by atoms with van der Waals surface area (Å²) in [5, 5.41) is 3.58. The molecule has 0 aromatic heterocycles. The van der Waals surface area contributed by atoms with Gasteiger partial charge >= 0.3 is 0 Å². The molecule has 1 aliphatic rings. The van der Waals surface area contributed by atoms with Crippen molar-refractivity contribution in [1.29, 1.82) is 0 Å². The summed E-state index contributed by atoms with van der Waals surface area (Å²) in [4.78, 5) is 0. The molecule has 1 aromatic carbocycles. The summed E-state index contributed by atoms with van der Waals surface area (Å²) in [7, 11) is 0. The molecule has 0 amide bonds. The molecule has 1 atom stereocenters. The predicted octanol–water partition coefficient (Wildman–Crippen LogP) is 4.63. The molecule has 0 aliphatic carbocycles. The van der Waals surface area contributed by atoms with Gasteiger partial charge in [0.15, 0.2) is 11.5 Å². The number of ether oxygens (including phenoxy) is 2. The van der Waals surface area contributed by atoms with Gasteiger partial charge in [-0.2, -0.15) is 0 Å². The van der Waals surface area contributed by atoms with E-state index in [4.69, 9.17) is 9.47 Å². The number of rotatable bonds is 8. The summed E-state index contributed by atoms with van der Waals surface area (Å²) in [6.45, 7) is 5.68. The summed E-state index contributed by atoms with van der Waals surface area (Å²) in [6.07, 6.45) is 6.54. The first-order valence-electron chi connectivity index (χ1n) is 7.52. The highest BCUT2D eigenvalue weighted by Gasteiger charge is 2.16. The lowest BCUT2D eigenvalue weighted by Crippen LogP contribution is -2.25. The van der Waals surface area contributed by atoms with Gasteiger partial charge in [-0.1, -0.05) is 48.5 Å². The van der Waals surface area contributed by atoms with Crippen molar-refractivity contribution >= 4 is 15.9 Å². The molecule has 0 spiro atoms. The molecule has 0 fully saturated rings. The molecule has 1 unspecified atom stereocenters. The fourth-order valence-corrected chi connectivity index (χ4v) is 2.82. The van der Waals surface area contributed by atoms with Crippen LogP contribution < -0.4 is 14.8 Å². The van der Waals surface area contributed by atoms with Crippen molar-refractivity contribution in [3.63, 3.8) is 0 Å². The Morgan fingerprint density at radius 2 is 1.95 bits per heavy atom. The number of unbranched alkanes of at least 4 members (excludes halogenated alkanes) is 3. The Morgan fingerprint density at radius 3 is 2.70 bits per heavy atom. The van der Waals surface area contributed by atoms with Gasteiger partial charge in [0.1, 0.15) is 0 Å². The third-order valence-corrected chi connectivity index (χ3v) is 4.41. The van der Waals surface area contributed by atoms with Crippen LogP contribution in [-0.2, 0) is 6.54 Å². The van der Waals surface area contributed by atoms with E-state index in [0.29, 0.717) is 12.8 Å². The van der Waals surface area contributed by atoms with E-state index in [1.54, 1.807) is 0 Å². The monoisotopic (exact) mass is 341 g/mol. The van der Waals surface area contributed by atoms with Crippen LogP contribution in [0.4, 0.5) is 0 Å². The van der Waals surface area contributed by atoms with Crippen LogP contribution in [0.1, 0.15) is 51.5 Å². The van der Waals surface area contributed by atoms with Crippen LogP contribution in [-0.4, -0.2) is 12.8 Å². The van der Waals surface area contributed by atoms with Crippen LogP contribution in [0.15, 0.2) is 16.6 Å². The highest BCUT2D eigenvalue weighted by atomic mass is 79.9. The van der Waals surface area contributed by atoms with Crippen molar-refractivity contribution in [2.24, 2.45) is 0 Å². The summed E-state index contributed by atoms with van der Waals surface area (Å²) in [5.41, 5.74) is 1.22. The standard InChI is InChI=1S/C16H24BrNO2/c1-3-4-5-6-7-12(2)18-10-13-8-15-16(9-14(13)17)20-11-19-15/h8-9,12,18H,3-7,10-11H2,1-2H3. The van der Waals surface area contributed by atoms with Crippen LogP contribution in [0.2, 0.25) is 0 Å². The van der Waals surface area contributed by atoms with E-state index in [0.717, 1.165) is 22.5 Å². The van der Waals surface area contributed by atoms with Crippen molar-refractivity contribution in [2.45, 2.75) is 58.5 Å². The van der Waals surface area contributed by atoms with Crippen LogP contribution >= 0.6 is 15.9 Å². The SMILES string of the molecule is CCCCCCC(C)NCc1cc2c(cc1Br)OCO2. The van der Waals surface area contributed by atoms with Gasteiger partial charge in [-0.15, -0.1) is 0 Å². The zero-order valence-electron chi connectivity index (χ0n) is 12.4. The molecule has 1 N–H and O–H groups in total. The highest BCUT2D eigenvalue weighted by Crippen LogP contribution is 2.36. The van der Waals surface area contributed by atoms with Gasteiger partial charge in [0.2, 0.25) is 6.79 Å². The van der Waals surface area contributed by atoms with E-state index >= 15 is 0 Å². The molecule has 0 radical (unpaired) electrons. The fraction of sp³-hybridized carbons (Fsp3) is 0.625. The minimum absolute atomic E-state index is 0.326. The quantitative estimate of drug-likeness (QED) is 0.699. The molecule has 112 valence electrons. The highest BCUT2D eigenvalue weighted by molar-refractivity contribution is 9.10. The molecule has 3 nitrogen and oxygen atoms in total. The lowest BCUT2D eigenvalue weighted by atomic mass is 10.1. The Morgan fingerprint density at radius 1 is 1.20 bits per heavy atom. The summed E-state index contributed by atoms with van der Waals surface area (Å²) in [5.74, 6) is 1.67. The minimum Gasteiger partial charge on any atom is -0.454 e. The predicted molar refractivity (Wildman–Crippen MR) is 85.3 cm³/mol. The average Bonchev–Trinajstić information content (AvgIpc) is 2.88. The molecular formula is C16H24BrNO2. The Kier molecular flexibility index (Phi) is 6.17. The topological polar surface area (TPSA) is 30.5 Å². The minimum atomic E-state index is 0.326. The van der Waals surface area contributed by atoms with Gasteiger partial charge in [-0.05, 0) is 31.0 Å².